The molecule has 0 atom stereocenters. The van der Waals surface area contributed by atoms with Crippen LogP contribution in [0.4, 0.5) is 4.39 Å². The van der Waals surface area contributed by atoms with Crippen LogP contribution in [-0.2, 0) is 11.3 Å². The molecule has 126 valence electrons. The Morgan fingerprint density at radius 3 is 2.76 bits per heavy atom. The molecule has 0 aliphatic carbocycles. The maximum Gasteiger partial charge on any atom is 0.258 e. The first-order chi connectivity index (χ1) is 12.2. The summed E-state index contributed by atoms with van der Waals surface area (Å²) < 4.78 is 19.2. The zero-order valence-corrected chi connectivity index (χ0v) is 13.4. The van der Waals surface area contributed by atoms with E-state index in [1.807, 2.05) is 18.2 Å². The third-order valence-corrected chi connectivity index (χ3v) is 3.43. The quantitative estimate of drug-likeness (QED) is 0.751. The molecule has 1 aromatic carbocycles. The van der Waals surface area contributed by atoms with Crippen molar-refractivity contribution >= 4 is 5.91 Å². The normalized spacial score (nSPS) is 10.3. The first kappa shape index (κ1) is 16.6. The molecule has 25 heavy (non-hydrogen) atoms. The van der Waals surface area contributed by atoms with Gasteiger partial charge in [-0.05, 0) is 35.9 Å². The molecule has 1 amide bonds. The summed E-state index contributed by atoms with van der Waals surface area (Å²) in [6, 6.07) is 13.4. The fourth-order valence-electron chi connectivity index (χ4n) is 2.24. The number of ether oxygens (including phenoxy) is 1. The minimum absolute atomic E-state index is 0.206. The van der Waals surface area contributed by atoms with Crippen LogP contribution in [0, 0.1) is 5.82 Å². The summed E-state index contributed by atoms with van der Waals surface area (Å²) >= 11 is 0. The smallest absolute Gasteiger partial charge is 0.258 e. The van der Waals surface area contributed by atoms with Gasteiger partial charge in [0, 0.05) is 30.2 Å². The van der Waals surface area contributed by atoms with Crippen LogP contribution in [0.5, 0.6) is 5.75 Å². The van der Waals surface area contributed by atoms with E-state index in [0.29, 0.717) is 12.1 Å². The van der Waals surface area contributed by atoms with Crippen molar-refractivity contribution in [3.05, 3.63) is 78.6 Å². The summed E-state index contributed by atoms with van der Waals surface area (Å²) in [4.78, 5) is 20.0. The van der Waals surface area contributed by atoms with Gasteiger partial charge in [-0.2, -0.15) is 0 Å². The summed E-state index contributed by atoms with van der Waals surface area (Å²) in [7, 11) is 0. The molecule has 0 fully saturated rings. The van der Waals surface area contributed by atoms with Crippen molar-refractivity contribution in [3.8, 4) is 16.9 Å². The van der Waals surface area contributed by atoms with Crippen LogP contribution in [0.3, 0.4) is 0 Å². The highest BCUT2D eigenvalue weighted by Gasteiger charge is 2.07. The Kier molecular flexibility index (Phi) is 5.31. The van der Waals surface area contributed by atoms with Gasteiger partial charge in [0.1, 0.15) is 11.6 Å². The molecule has 0 radical (unpaired) electrons. The molecular formula is C19H16FN3O2. The monoisotopic (exact) mass is 337 g/mol. The molecule has 6 heteroatoms. The predicted octanol–water partition coefficient (Wildman–Crippen LogP) is 2.98. The van der Waals surface area contributed by atoms with Crippen molar-refractivity contribution in [2.45, 2.75) is 6.54 Å². The molecular weight excluding hydrogens is 321 g/mol. The van der Waals surface area contributed by atoms with Gasteiger partial charge in [-0.3, -0.25) is 14.8 Å². The van der Waals surface area contributed by atoms with Gasteiger partial charge in [-0.15, -0.1) is 0 Å². The zero-order chi connectivity index (χ0) is 17.5. The van der Waals surface area contributed by atoms with Gasteiger partial charge in [0.2, 0.25) is 0 Å². The van der Waals surface area contributed by atoms with E-state index in [-0.39, 0.29) is 18.3 Å². The minimum Gasteiger partial charge on any atom is -0.484 e. The number of rotatable bonds is 6. The van der Waals surface area contributed by atoms with Gasteiger partial charge in [0.05, 0.1) is 12.2 Å². The number of aromatic nitrogens is 2. The predicted molar refractivity (Wildman–Crippen MR) is 91.2 cm³/mol. The number of hydrogen-bond donors (Lipinski definition) is 1. The molecule has 0 saturated heterocycles. The van der Waals surface area contributed by atoms with Crippen LogP contribution in [0.2, 0.25) is 0 Å². The first-order valence-corrected chi connectivity index (χ1v) is 7.71. The summed E-state index contributed by atoms with van der Waals surface area (Å²) in [6.45, 7) is 0.107. The maximum atomic E-state index is 13.8. The highest BCUT2D eigenvalue weighted by atomic mass is 19.1. The molecule has 0 bridgehead atoms. The van der Waals surface area contributed by atoms with Gasteiger partial charge in [0.25, 0.3) is 5.91 Å². The third-order valence-electron chi connectivity index (χ3n) is 3.43. The fourth-order valence-corrected chi connectivity index (χ4v) is 2.24. The molecule has 2 aromatic heterocycles. The molecule has 3 rings (SSSR count). The van der Waals surface area contributed by atoms with E-state index in [1.54, 1.807) is 36.8 Å². The van der Waals surface area contributed by atoms with Gasteiger partial charge in [-0.25, -0.2) is 4.39 Å². The number of hydrogen-bond acceptors (Lipinski definition) is 4. The van der Waals surface area contributed by atoms with E-state index in [9.17, 15) is 9.18 Å². The Balaban J connectivity index is 1.59. The number of halogens is 1. The van der Waals surface area contributed by atoms with E-state index in [0.717, 1.165) is 11.3 Å². The molecule has 0 aliphatic rings. The van der Waals surface area contributed by atoms with Crippen molar-refractivity contribution in [1.29, 1.82) is 0 Å². The third kappa shape index (κ3) is 4.84. The topological polar surface area (TPSA) is 64.1 Å². The lowest BCUT2D eigenvalue weighted by atomic mass is 10.1. The minimum atomic E-state index is -0.440. The van der Waals surface area contributed by atoms with Gasteiger partial charge >= 0.3 is 0 Å². The van der Waals surface area contributed by atoms with Crippen LogP contribution in [0.15, 0.2) is 67.1 Å². The molecule has 2 heterocycles. The van der Waals surface area contributed by atoms with Crippen LogP contribution in [-0.4, -0.2) is 22.5 Å². The average Bonchev–Trinajstić information content (AvgIpc) is 2.66. The van der Waals surface area contributed by atoms with E-state index in [2.05, 4.69) is 15.3 Å². The first-order valence-electron chi connectivity index (χ1n) is 7.71. The van der Waals surface area contributed by atoms with Crippen LogP contribution < -0.4 is 10.1 Å². The summed E-state index contributed by atoms with van der Waals surface area (Å²) in [5, 5.41) is 2.70. The van der Waals surface area contributed by atoms with Crippen LogP contribution in [0.1, 0.15) is 5.69 Å². The van der Waals surface area contributed by atoms with E-state index in [1.165, 1.54) is 12.1 Å². The SMILES string of the molecule is O=C(COc1cc(F)cc(-c2cccnc2)c1)NCc1ccccn1. The van der Waals surface area contributed by atoms with Gasteiger partial charge in [-0.1, -0.05) is 12.1 Å². The molecule has 1 N–H and O–H groups in total. The summed E-state index contributed by atoms with van der Waals surface area (Å²) in [5.74, 6) is -0.463. The zero-order valence-electron chi connectivity index (χ0n) is 13.4. The Bertz CT molecular complexity index is 842. The second kappa shape index (κ2) is 8.01. The maximum absolute atomic E-state index is 13.8. The van der Waals surface area contributed by atoms with E-state index in [4.69, 9.17) is 4.74 Å². The lowest BCUT2D eigenvalue weighted by molar-refractivity contribution is -0.123. The molecule has 5 nitrogen and oxygen atoms in total. The van der Waals surface area contributed by atoms with Crippen LogP contribution in [0.25, 0.3) is 11.1 Å². The van der Waals surface area contributed by atoms with Gasteiger partial charge < -0.3 is 10.1 Å². The second-order valence-electron chi connectivity index (χ2n) is 5.30. The van der Waals surface area contributed by atoms with Crippen molar-refractivity contribution in [2.75, 3.05) is 6.61 Å². The average molecular weight is 337 g/mol. The van der Waals surface area contributed by atoms with E-state index >= 15 is 0 Å². The molecule has 0 saturated carbocycles. The lowest BCUT2D eigenvalue weighted by Gasteiger charge is -2.09. The van der Waals surface area contributed by atoms with Gasteiger partial charge in [0.15, 0.2) is 6.61 Å². The highest BCUT2D eigenvalue weighted by Crippen LogP contribution is 2.25. The lowest BCUT2D eigenvalue weighted by Crippen LogP contribution is -2.28. The molecule has 0 spiro atoms. The molecule has 0 aliphatic heterocycles. The largest absolute Gasteiger partial charge is 0.484 e. The number of carbonyl (C=O) groups excluding carboxylic acids is 1. The number of nitrogens with zero attached hydrogens (tertiary/aromatic N) is 2. The number of amides is 1. The number of pyridine rings is 2. The Hall–Kier alpha value is -3.28. The number of benzene rings is 1. The summed E-state index contributed by atoms with van der Waals surface area (Å²) in [6.07, 6.45) is 4.94. The van der Waals surface area contributed by atoms with Crippen molar-refractivity contribution in [1.82, 2.24) is 15.3 Å². The standard InChI is InChI=1S/C19H16FN3O2/c20-16-8-15(14-4-3-6-21-11-14)9-18(10-16)25-13-19(24)23-12-17-5-1-2-7-22-17/h1-11H,12-13H2,(H,23,24). The highest BCUT2D eigenvalue weighted by molar-refractivity contribution is 5.77. The Labute approximate surface area is 144 Å². The van der Waals surface area contributed by atoms with Crippen LogP contribution >= 0.6 is 0 Å². The Morgan fingerprint density at radius 1 is 1.08 bits per heavy atom. The Morgan fingerprint density at radius 2 is 2.00 bits per heavy atom. The van der Waals surface area contributed by atoms with Crippen molar-refractivity contribution in [3.63, 3.8) is 0 Å². The van der Waals surface area contributed by atoms with Crippen molar-refractivity contribution < 1.29 is 13.9 Å². The molecule has 0 unspecified atom stereocenters. The number of carbonyl (C=O) groups is 1. The summed E-state index contributed by atoms with van der Waals surface area (Å²) in [5.41, 5.74) is 2.16. The van der Waals surface area contributed by atoms with Crippen molar-refractivity contribution in [2.24, 2.45) is 0 Å². The van der Waals surface area contributed by atoms with E-state index < -0.39 is 5.82 Å². The second-order valence-corrected chi connectivity index (χ2v) is 5.30. The fraction of sp³-hybridized carbons (Fsp3) is 0.105. The number of nitrogens with one attached hydrogen (secondary N) is 1. The molecule has 3 aromatic rings.